The van der Waals surface area contributed by atoms with E-state index in [0.29, 0.717) is 0 Å². The maximum atomic E-state index is 6.69. The van der Waals surface area contributed by atoms with Crippen LogP contribution in [0.15, 0.2) is 209 Å². The molecule has 0 bridgehead atoms. The quantitative estimate of drug-likeness (QED) is 0.165. The Labute approximate surface area is 328 Å². The lowest BCUT2D eigenvalue weighted by Crippen LogP contribution is -2.10. The molecular weight excluding hydrogens is 695 g/mol. The van der Waals surface area contributed by atoms with Crippen molar-refractivity contribution in [3.63, 3.8) is 0 Å². The van der Waals surface area contributed by atoms with Gasteiger partial charge in [0.25, 0.3) is 0 Å². The first-order chi connectivity index (χ1) is 28.2. The summed E-state index contributed by atoms with van der Waals surface area (Å²) in [5.41, 5.74) is 11.3. The molecule has 266 valence electrons. The average Bonchev–Trinajstić information content (AvgIpc) is 3.86. The molecule has 0 radical (unpaired) electrons. The van der Waals surface area contributed by atoms with Gasteiger partial charge in [0.2, 0.25) is 0 Å². The van der Waals surface area contributed by atoms with Crippen LogP contribution < -0.4 is 4.90 Å². The van der Waals surface area contributed by atoms with Crippen molar-refractivity contribution in [1.82, 2.24) is 0 Å². The molecule has 0 N–H and O–H groups in total. The normalized spacial score (nSPS) is 11.9. The molecule has 0 saturated carbocycles. The highest BCUT2D eigenvalue weighted by Crippen LogP contribution is 2.47. The molecule has 0 spiro atoms. The van der Waals surface area contributed by atoms with Crippen LogP contribution in [0.4, 0.5) is 17.1 Å². The number of fused-ring (bicyclic) bond motifs is 11. The number of anilines is 3. The highest BCUT2D eigenvalue weighted by atomic mass is 16.3. The first-order valence-corrected chi connectivity index (χ1v) is 19.4. The molecule has 2 aromatic heterocycles. The fourth-order valence-corrected chi connectivity index (χ4v) is 8.90. The van der Waals surface area contributed by atoms with Gasteiger partial charge in [-0.25, -0.2) is 0 Å². The fraction of sp³-hybridized carbons (Fsp3) is 0. The first-order valence-electron chi connectivity index (χ1n) is 19.4. The summed E-state index contributed by atoms with van der Waals surface area (Å²) >= 11 is 0. The van der Waals surface area contributed by atoms with E-state index in [4.69, 9.17) is 8.83 Å². The number of rotatable bonds is 5. The molecule has 0 atom stereocenters. The van der Waals surface area contributed by atoms with Gasteiger partial charge in [0.15, 0.2) is 0 Å². The summed E-state index contributed by atoms with van der Waals surface area (Å²) in [5.74, 6) is 0. The van der Waals surface area contributed by atoms with E-state index in [1.54, 1.807) is 0 Å². The van der Waals surface area contributed by atoms with E-state index >= 15 is 0 Å². The Morgan fingerprint density at radius 3 is 1.81 bits per heavy atom. The summed E-state index contributed by atoms with van der Waals surface area (Å²) < 4.78 is 13.2. The zero-order chi connectivity index (χ0) is 37.5. The van der Waals surface area contributed by atoms with Gasteiger partial charge in [0.05, 0.1) is 11.1 Å². The van der Waals surface area contributed by atoms with Crippen LogP contribution in [0.1, 0.15) is 0 Å². The summed E-state index contributed by atoms with van der Waals surface area (Å²) in [5, 5.41) is 11.5. The lowest BCUT2D eigenvalue weighted by molar-refractivity contribution is 0.670. The highest BCUT2D eigenvalue weighted by Gasteiger charge is 2.22. The Morgan fingerprint density at radius 2 is 0.947 bits per heavy atom. The second-order valence-corrected chi connectivity index (χ2v) is 14.9. The van der Waals surface area contributed by atoms with Crippen LogP contribution in [0.5, 0.6) is 0 Å². The predicted molar refractivity (Wildman–Crippen MR) is 239 cm³/mol. The number of nitrogens with zero attached hydrogens (tertiary/aromatic N) is 1. The van der Waals surface area contributed by atoms with Crippen LogP contribution in [-0.2, 0) is 0 Å². The minimum absolute atomic E-state index is 0.878. The van der Waals surface area contributed by atoms with E-state index in [1.807, 2.05) is 12.1 Å². The van der Waals surface area contributed by atoms with Crippen LogP contribution in [0.25, 0.3) is 98.4 Å². The number of hydrogen-bond donors (Lipinski definition) is 0. The smallest absolute Gasteiger partial charge is 0.145 e. The van der Waals surface area contributed by atoms with E-state index in [1.165, 1.54) is 21.5 Å². The molecule has 0 aliphatic rings. The Morgan fingerprint density at radius 1 is 0.316 bits per heavy atom. The summed E-state index contributed by atoms with van der Waals surface area (Å²) in [4.78, 5) is 2.40. The summed E-state index contributed by atoms with van der Waals surface area (Å²) in [6.07, 6.45) is 0. The van der Waals surface area contributed by atoms with Crippen molar-refractivity contribution < 1.29 is 8.83 Å². The van der Waals surface area contributed by atoms with Gasteiger partial charge in [-0.2, -0.15) is 0 Å². The average molecular weight is 728 g/mol. The molecule has 57 heavy (non-hydrogen) atoms. The van der Waals surface area contributed by atoms with Crippen LogP contribution in [0.2, 0.25) is 0 Å². The summed E-state index contributed by atoms with van der Waals surface area (Å²) in [6, 6.07) is 71.5. The van der Waals surface area contributed by atoms with Crippen molar-refractivity contribution in [2.45, 2.75) is 0 Å². The zero-order valence-corrected chi connectivity index (χ0v) is 30.8. The number of hydrogen-bond acceptors (Lipinski definition) is 3. The molecule has 0 saturated heterocycles. The Kier molecular flexibility index (Phi) is 6.93. The Hall–Kier alpha value is -7.62. The SMILES string of the molecule is c1ccc(-c2cccc3c2oc2ccc(-c4ccc(N(c5ccc6ccc7ccccc7c6c5)c5cc6ccccc6c6oc7ccccc7c56)cc4)cc23)cc1. The lowest BCUT2D eigenvalue weighted by Gasteiger charge is -2.27. The molecule has 10 aromatic carbocycles. The molecule has 0 aliphatic carbocycles. The van der Waals surface area contributed by atoms with Crippen LogP contribution in [0.3, 0.4) is 0 Å². The number of para-hydroxylation sites is 2. The lowest BCUT2D eigenvalue weighted by atomic mass is 9.98. The van der Waals surface area contributed by atoms with Crippen LogP contribution in [-0.4, -0.2) is 0 Å². The predicted octanol–water partition coefficient (Wildman–Crippen LogP) is 15.7. The third kappa shape index (κ3) is 4.99. The van der Waals surface area contributed by atoms with Gasteiger partial charge in [-0.1, -0.05) is 152 Å². The van der Waals surface area contributed by atoms with Crippen molar-refractivity contribution in [1.29, 1.82) is 0 Å². The van der Waals surface area contributed by atoms with Crippen molar-refractivity contribution >= 4 is 93.3 Å². The molecule has 0 unspecified atom stereocenters. The van der Waals surface area contributed by atoms with E-state index in [-0.39, 0.29) is 0 Å². The Balaban J connectivity index is 1.05. The van der Waals surface area contributed by atoms with E-state index < -0.39 is 0 Å². The van der Waals surface area contributed by atoms with E-state index in [9.17, 15) is 0 Å². The zero-order valence-electron chi connectivity index (χ0n) is 30.8. The van der Waals surface area contributed by atoms with E-state index in [2.05, 4.69) is 193 Å². The molecule has 0 amide bonds. The number of benzene rings is 10. The maximum absolute atomic E-state index is 6.69. The topological polar surface area (TPSA) is 29.5 Å². The van der Waals surface area contributed by atoms with Gasteiger partial charge < -0.3 is 13.7 Å². The van der Waals surface area contributed by atoms with Crippen LogP contribution in [0, 0.1) is 0 Å². The molecular formula is C54H33NO2. The third-order valence-electron chi connectivity index (χ3n) is 11.6. The monoisotopic (exact) mass is 727 g/mol. The summed E-state index contributed by atoms with van der Waals surface area (Å²) in [7, 11) is 0. The molecule has 3 nitrogen and oxygen atoms in total. The highest BCUT2D eigenvalue weighted by molar-refractivity contribution is 6.22. The standard InChI is InChI=1S/C54H33NO2/c1-2-11-35(12-3-1)43-18-10-19-45-48-31-38(26-30-51(48)56-53(43)45)34-23-27-40(28-24-34)55(41-29-25-37-22-21-36-13-4-6-15-42(36)47(37)33-41)49-32-39-14-5-7-16-44(39)54-52(49)46-17-8-9-20-50(46)57-54/h1-33H. The van der Waals surface area contributed by atoms with Crippen LogP contribution >= 0.6 is 0 Å². The minimum Gasteiger partial charge on any atom is -0.455 e. The molecule has 12 rings (SSSR count). The van der Waals surface area contributed by atoms with Gasteiger partial charge in [-0.3, -0.25) is 0 Å². The van der Waals surface area contributed by atoms with Gasteiger partial charge in [-0.15, -0.1) is 0 Å². The second kappa shape index (κ2) is 12.5. The largest absolute Gasteiger partial charge is 0.455 e. The molecule has 0 fully saturated rings. The van der Waals surface area contributed by atoms with Crippen molar-refractivity contribution in [2.24, 2.45) is 0 Å². The third-order valence-corrected chi connectivity index (χ3v) is 11.6. The van der Waals surface area contributed by atoms with E-state index in [0.717, 1.165) is 94.0 Å². The maximum Gasteiger partial charge on any atom is 0.145 e. The first kappa shape index (κ1) is 31.7. The molecule has 3 heteroatoms. The van der Waals surface area contributed by atoms with Gasteiger partial charge in [0, 0.05) is 38.5 Å². The van der Waals surface area contributed by atoms with Crippen molar-refractivity contribution in [2.75, 3.05) is 4.90 Å². The fourth-order valence-electron chi connectivity index (χ4n) is 8.90. The van der Waals surface area contributed by atoms with Gasteiger partial charge in [-0.05, 0) is 92.2 Å². The number of furan rings is 2. The van der Waals surface area contributed by atoms with Gasteiger partial charge in [0.1, 0.15) is 22.3 Å². The summed E-state index contributed by atoms with van der Waals surface area (Å²) in [6.45, 7) is 0. The molecule has 12 aromatic rings. The van der Waals surface area contributed by atoms with Crippen molar-refractivity contribution in [3.05, 3.63) is 200 Å². The van der Waals surface area contributed by atoms with Gasteiger partial charge >= 0.3 is 0 Å². The minimum atomic E-state index is 0.878. The molecule has 0 aliphatic heterocycles. The molecule has 2 heterocycles. The second-order valence-electron chi connectivity index (χ2n) is 14.9. The van der Waals surface area contributed by atoms with Crippen molar-refractivity contribution in [3.8, 4) is 22.3 Å². The Bertz CT molecular complexity index is 3520.